The summed E-state index contributed by atoms with van der Waals surface area (Å²) in [6.07, 6.45) is -0.365. The van der Waals surface area contributed by atoms with Gasteiger partial charge in [-0.3, -0.25) is 10.1 Å². The van der Waals surface area contributed by atoms with Crippen molar-refractivity contribution in [3.63, 3.8) is 0 Å². The maximum absolute atomic E-state index is 12.9. The topological polar surface area (TPSA) is 113 Å². The smallest absolute Gasteiger partial charge is 0.409 e. The highest BCUT2D eigenvalue weighted by Gasteiger charge is 2.28. The van der Waals surface area contributed by atoms with Crippen molar-refractivity contribution >= 4 is 40.2 Å². The predicted molar refractivity (Wildman–Crippen MR) is 117 cm³/mol. The van der Waals surface area contributed by atoms with Gasteiger partial charge in [-0.1, -0.05) is 23.5 Å². The lowest BCUT2D eigenvalue weighted by atomic mass is 10.3. The number of nitrogens with one attached hydrogen (secondary N) is 2. The minimum absolute atomic E-state index is 0.170. The molecule has 0 unspecified atom stereocenters. The number of benzene rings is 1. The first-order valence-corrected chi connectivity index (χ1v) is 10.6. The fraction of sp³-hybridized carbons (Fsp3) is 0.400. The van der Waals surface area contributed by atoms with Crippen molar-refractivity contribution in [1.29, 1.82) is 0 Å². The van der Waals surface area contributed by atoms with Crippen LogP contribution in [-0.2, 0) is 4.74 Å². The SMILES string of the molecule is CCOC(=O)N1CCN(C(=O)c2sc(NC(=O)Nc3ccccc3OC)nc2C)CC1. The number of methoxy groups -OCH3 is 1. The third kappa shape index (κ3) is 5.43. The second-order valence-electron chi connectivity index (χ2n) is 6.69. The Morgan fingerprint density at radius 2 is 1.77 bits per heavy atom. The van der Waals surface area contributed by atoms with Crippen molar-refractivity contribution in [2.75, 3.05) is 50.5 Å². The Hall–Kier alpha value is -3.34. The molecule has 0 spiro atoms. The molecule has 1 aliphatic rings. The molecule has 31 heavy (non-hydrogen) atoms. The number of hydrogen-bond donors (Lipinski definition) is 2. The molecule has 1 fully saturated rings. The molecule has 10 nitrogen and oxygen atoms in total. The Bertz CT molecular complexity index is 955. The number of anilines is 2. The van der Waals surface area contributed by atoms with Crippen molar-refractivity contribution in [1.82, 2.24) is 14.8 Å². The lowest BCUT2D eigenvalue weighted by molar-refractivity contribution is 0.0573. The van der Waals surface area contributed by atoms with Gasteiger partial charge in [0.15, 0.2) is 5.13 Å². The highest BCUT2D eigenvalue weighted by molar-refractivity contribution is 7.17. The van der Waals surface area contributed by atoms with Crippen LogP contribution in [0.3, 0.4) is 0 Å². The average Bonchev–Trinajstić information content (AvgIpc) is 3.13. The first kappa shape index (κ1) is 22.3. The van der Waals surface area contributed by atoms with E-state index in [4.69, 9.17) is 9.47 Å². The second kappa shape index (κ2) is 10.1. The van der Waals surface area contributed by atoms with E-state index in [1.54, 1.807) is 47.9 Å². The maximum atomic E-state index is 12.9. The molecule has 0 aliphatic carbocycles. The van der Waals surface area contributed by atoms with Crippen LogP contribution < -0.4 is 15.4 Å². The van der Waals surface area contributed by atoms with Crippen LogP contribution in [0.1, 0.15) is 22.3 Å². The van der Waals surface area contributed by atoms with E-state index in [9.17, 15) is 14.4 Å². The number of rotatable bonds is 5. The number of carbonyl (C=O) groups is 3. The normalized spacial score (nSPS) is 13.5. The number of ether oxygens (including phenoxy) is 2. The number of piperazine rings is 1. The van der Waals surface area contributed by atoms with Crippen LogP contribution in [0.15, 0.2) is 24.3 Å². The van der Waals surface area contributed by atoms with E-state index in [2.05, 4.69) is 15.6 Å². The highest BCUT2D eigenvalue weighted by atomic mass is 32.1. The molecular formula is C20H25N5O5S. The molecule has 1 saturated heterocycles. The summed E-state index contributed by atoms with van der Waals surface area (Å²) < 4.78 is 10.2. The summed E-state index contributed by atoms with van der Waals surface area (Å²) in [6, 6.07) is 6.55. The summed E-state index contributed by atoms with van der Waals surface area (Å²) in [5, 5.41) is 5.68. The van der Waals surface area contributed by atoms with Gasteiger partial charge < -0.3 is 24.6 Å². The van der Waals surface area contributed by atoms with Gasteiger partial charge in [0.25, 0.3) is 5.91 Å². The fourth-order valence-corrected chi connectivity index (χ4v) is 4.03. The quantitative estimate of drug-likeness (QED) is 0.729. The summed E-state index contributed by atoms with van der Waals surface area (Å²) in [4.78, 5) is 45.1. The minimum atomic E-state index is -0.486. The maximum Gasteiger partial charge on any atom is 0.409 e. The number of amides is 4. The number of hydrogen-bond acceptors (Lipinski definition) is 7. The molecule has 2 aromatic rings. The zero-order valence-corrected chi connectivity index (χ0v) is 18.5. The Balaban J connectivity index is 1.60. The van der Waals surface area contributed by atoms with Crippen molar-refractivity contribution < 1.29 is 23.9 Å². The molecule has 0 radical (unpaired) electrons. The molecular weight excluding hydrogens is 422 g/mol. The van der Waals surface area contributed by atoms with Crippen LogP contribution >= 0.6 is 11.3 Å². The predicted octanol–water partition coefficient (Wildman–Crippen LogP) is 3.02. The molecule has 11 heteroatoms. The largest absolute Gasteiger partial charge is 0.495 e. The Morgan fingerprint density at radius 3 is 2.45 bits per heavy atom. The summed E-state index contributed by atoms with van der Waals surface area (Å²) >= 11 is 1.11. The van der Waals surface area contributed by atoms with Crippen LogP contribution in [0.25, 0.3) is 0 Å². The molecule has 0 saturated carbocycles. The molecule has 1 aromatic carbocycles. The number of aryl methyl sites for hydroxylation is 1. The van der Waals surface area contributed by atoms with Crippen LogP contribution in [0.5, 0.6) is 5.75 Å². The van der Waals surface area contributed by atoms with E-state index in [1.807, 2.05) is 0 Å². The molecule has 3 rings (SSSR count). The number of carbonyl (C=O) groups excluding carboxylic acids is 3. The van der Waals surface area contributed by atoms with Gasteiger partial charge in [-0.25, -0.2) is 14.6 Å². The van der Waals surface area contributed by atoms with Gasteiger partial charge in [0.1, 0.15) is 10.6 Å². The van der Waals surface area contributed by atoms with Crippen LogP contribution in [0.4, 0.5) is 20.4 Å². The highest BCUT2D eigenvalue weighted by Crippen LogP contribution is 2.26. The van der Waals surface area contributed by atoms with Gasteiger partial charge in [0, 0.05) is 26.2 Å². The summed E-state index contributed by atoms with van der Waals surface area (Å²) in [5.74, 6) is 0.363. The average molecular weight is 448 g/mol. The molecule has 0 bridgehead atoms. The van der Waals surface area contributed by atoms with E-state index in [0.717, 1.165) is 11.3 Å². The van der Waals surface area contributed by atoms with Crippen molar-refractivity contribution in [2.24, 2.45) is 0 Å². The molecule has 2 N–H and O–H groups in total. The van der Waals surface area contributed by atoms with Crippen LogP contribution in [0, 0.1) is 6.92 Å². The molecule has 0 atom stereocenters. The lowest BCUT2D eigenvalue weighted by Gasteiger charge is -2.33. The van der Waals surface area contributed by atoms with Crippen molar-refractivity contribution in [2.45, 2.75) is 13.8 Å². The summed E-state index contributed by atoms with van der Waals surface area (Å²) in [6.45, 7) is 5.44. The number of para-hydroxylation sites is 2. The molecule has 2 heterocycles. The number of thiazole rings is 1. The minimum Gasteiger partial charge on any atom is -0.495 e. The van der Waals surface area contributed by atoms with Gasteiger partial charge in [0.2, 0.25) is 0 Å². The zero-order chi connectivity index (χ0) is 22.4. The fourth-order valence-electron chi connectivity index (χ4n) is 3.10. The second-order valence-corrected chi connectivity index (χ2v) is 7.69. The summed E-state index contributed by atoms with van der Waals surface area (Å²) in [7, 11) is 1.52. The number of aromatic nitrogens is 1. The Kier molecular flexibility index (Phi) is 7.29. The Morgan fingerprint density at radius 1 is 1.10 bits per heavy atom. The third-order valence-electron chi connectivity index (χ3n) is 4.66. The molecule has 1 aromatic heterocycles. The monoisotopic (exact) mass is 447 g/mol. The van der Waals surface area contributed by atoms with Gasteiger partial charge in [-0.2, -0.15) is 0 Å². The van der Waals surface area contributed by atoms with E-state index in [0.29, 0.717) is 59.9 Å². The van der Waals surface area contributed by atoms with Gasteiger partial charge in [-0.15, -0.1) is 0 Å². The van der Waals surface area contributed by atoms with Gasteiger partial charge in [0.05, 0.1) is 25.1 Å². The first-order valence-electron chi connectivity index (χ1n) is 9.82. The molecule has 1 aliphatic heterocycles. The molecule has 166 valence electrons. The van der Waals surface area contributed by atoms with Crippen molar-refractivity contribution in [3.8, 4) is 5.75 Å². The van der Waals surface area contributed by atoms with E-state index >= 15 is 0 Å². The lowest BCUT2D eigenvalue weighted by Crippen LogP contribution is -2.50. The van der Waals surface area contributed by atoms with Crippen LogP contribution in [0.2, 0.25) is 0 Å². The van der Waals surface area contributed by atoms with Crippen molar-refractivity contribution in [3.05, 3.63) is 34.8 Å². The van der Waals surface area contributed by atoms with Gasteiger partial charge in [-0.05, 0) is 26.0 Å². The first-order chi connectivity index (χ1) is 14.9. The molecule has 4 amide bonds. The van der Waals surface area contributed by atoms with E-state index < -0.39 is 6.03 Å². The van der Waals surface area contributed by atoms with Crippen LogP contribution in [-0.4, -0.2) is 72.7 Å². The van der Waals surface area contributed by atoms with E-state index in [1.165, 1.54) is 7.11 Å². The standard InChI is InChI=1S/C20H25N5O5S/c1-4-30-20(28)25-11-9-24(10-12-25)17(26)16-13(2)21-19(31-16)23-18(27)22-14-7-5-6-8-15(14)29-3/h5-8H,4,9-12H2,1-3H3,(H2,21,22,23,27). The number of urea groups is 1. The number of nitrogens with zero attached hydrogens (tertiary/aromatic N) is 3. The van der Waals surface area contributed by atoms with Gasteiger partial charge >= 0.3 is 12.1 Å². The third-order valence-corrected chi connectivity index (χ3v) is 5.72. The summed E-state index contributed by atoms with van der Waals surface area (Å²) in [5.41, 5.74) is 1.06. The zero-order valence-electron chi connectivity index (χ0n) is 17.6. The Labute approximate surface area is 184 Å². The van der Waals surface area contributed by atoms with E-state index in [-0.39, 0.29) is 12.0 Å².